The minimum absolute atomic E-state index is 0.176. The summed E-state index contributed by atoms with van der Waals surface area (Å²) in [7, 11) is 0. The Balaban J connectivity index is 2.48. The molecule has 0 heterocycles. The van der Waals surface area contributed by atoms with E-state index in [2.05, 4.69) is 31.9 Å². The van der Waals surface area contributed by atoms with E-state index in [4.69, 9.17) is 11.5 Å². The number of carbonyl (C=O) groups is 1. The summed E-state index contributed by atoms with van der Waals surface area (Å²) >= 11 is 6.61. The third-order valence-corrected chi connectivity index (χ3v) is 3.50. The van der Waals surface area contributed by atoms with Gasteiger partial charge in [-0.3, -0.25) is 4.79 Å². The summed E-state index contributed by atoms with van der Waals surface area (Å²) in [6, 6.07) is 10.3. The second kappa shape index (κ2) is 5.12. The monoisotopic (exact) mass is 368 g/mol. The molecule has 0 saturated heterocycles. The molecule has 0 aromatic heterocycles. The van der Waals surface area contributed by atoms with Gasteiger partial charge < -0.3 is 11.5 Å². The molecule has 92 valence electrons. The maximum absolute atomic E-state index is 12.3. The van der Waals surface area contributed by atoms with Gasteiger partial charge in [0.05, 0.1) is 0 Å². The molecule has 0 bridgehead atoms. The highest BCUT2D eigenvalue weighted by atomic mass is 79.9. The molecule has 0 unspecified atom stereocenters. The Morgan fingerprint density at radius 3 is 1.56 bits per heavy atom. The van der Waals surface area contributed by atoms with Gasteiger partial charge in [-0.05, 0) is 36.4 Å². The molecule has 0 saturated carbocycles. The van der Waals surface area contributed by atoms with Crippen molar-refractivity contribution in [2.75, 3.05) is 11.5 Å². The average molecular weight is 370 g/mol. The van der Waals surface area contributed by atoms with Gasteiger partial charge in [0.1, 0.15) is 0 Å². The summed E-state index contributed by atoms with van der Waals surface area (Å²) in [5.41, 5.74) is 13.4. The lowest BCUT2D eigenvalue weighted by molar-refractivity contribution is 0.104. The number of carbonyl (C=O) groups excluding carboxylic acids is 1. The zero-order valence-electron chi connectivity index (χ0n) is 9.28. The Hall–Kier alpha value is -1.33. The van der Waals surface area contributed by atoms with Crippen molar-refractivity contribution in [2.45, 2.75) is 0 Å². The zero-order chi connectivity index (χ0) is 13.3. The molecule has 0 aliphatic rings. The third kappa shape index (κ3) is 2.57. The molecule has 0 fully saturated rings. The van der Waals surface area contributed by atoms with Crippen LogP contribution >= 0.6 is 31.9 Å². The van der Waals surface area contributed by atoms with Gasteiger partial charge in [0.15, 0.2) is 5.78 Å². The highest BCUT2D eigenvalue weighted by Crippen LogP contribution is 2.25. The van der Waals surface area contributed by atoms with E-state index in [0.29, 0.717) is 22.5 Å². The van der Waals surface area contributed by atoms with Crippen molar-refractivity contribution in [2.24, 2.45) is 0 Å². The zero-order valence-corrected chi connectivity index (χ0v) is 12.5. The Morgan fingerprint density at radius 1 is 0.833 bits per heavy atom. The van der Waals surface area contributed by atoms with E-state index in [1.165, 1.54) is 0 Å². The Kier molecular flexibility index (Phi) is 3.73. The van der Waals surface area contributed by atoms with Crippen LogP contribution in [0.2, 0.25) is 0 Å². The van der Waals surface area contributed by atoms with E-state index >= 15 is 0 Å². The maximum atomic E-state index is 12.3. The molecule has 0 spiro atoms. The second-order valence-electron chi connectivity index (χ2n) is 3.79. The van der Waals surface area contributed by atoms with Crippen LogP contribution in [-0.4, -0.2) is 5.78 Å². The standard InChI is InChI=1S/C13H10Br2N2O/c14-7-1-3-9(11(16)5-7)13(18)10-4-2-8(15)6-12(10)17/h1-6H,16-17H2. The van der Waals surface area contributed by atoms with Gasteiger partial charge in [-0.2, -0.15) is 0 Å². The molecule has 0 amide bonds. The predicted octanol–water partition coefficient (Wildman–Crippen LogP) is 3.61. The van der Waals surface area contributed by atoms with Crippen LogP contribution in [0.3, 0.4) is 0 Å². The fraction of sp³-hybridized carbons (Fsp3) is 0. The van der Waals surface area contributed by atoms with Crippen LogP contribution < -0.4 is 11.5 Å². The van der Waals surface area contributed by atoms with Crippen LogP contribution in [0.4, 0.5) is 11.4 Å². The molecular weight excluding hydrogens is 360 g/mol. The molecule has 2 aromatic rings. The minimum Gasteiger partial charge on any atom is -0.398 e. The first kappa shape index (κ1) is 13.1. The lowest BCUT2D eigenvalue weighted by Gasteiger charge is -2.08. The summed E-state index contributed by atoms with van der Waals surface area (Å²) in [6.07, 6.45) is 0. The van der Waals surface area contributed by atoms with Gasteiger partial charge in [-0.1, -0.05) is 31.9 Å². The number of hydrogen-bond acceptors (Lipinski definition) is 3. The van der Waals surface area contributed by atoms with Crippen LogP contribution in [0.25, 0.3) is 0 Å². The summed E-state index contributed by atoms with van der Waals surface area (Å²) in [5, 5.41) is 0. The summed E-state index contributed by atoms with van der Waals surface area (Å²) in [6.45, 7) is 0. The molecule has 2 aromatic carbocycles. The van der Waals surface area contributed by atoms with E-state index in [-0.39, 0.29) is 5.78 Å². The van der Waals surface area contributed by atoms with Crippen LogP contribution in [0.1, 0.15) is 15.9 Å². The van der Waals surface area contributed by atoms with Gasteiger partial charge in [-0.15, -0.1) is 0 Å². The van der Waals surface area contributed by atoms with E-state index in [0.717, 1.165) is 8.95 Å². The van der Waals surface area contributed by atoms with Gasteiger partial charge in [0.25, 0.3) is 0 Å². The normalized spacial score (nSPS) is 10.3. The second-order valence-corrected chi connectivity index (χ2v) is 5.62. The number of halogens is 2. The van der Waals surface area contributed by atoms with Crippen LogP contribution in [-0.2, 0) is 0 Å². The van der Waals surface area contributed by atoms with E-state index in [1.54, 1.807) is 36.4 Å². The molecule has 0 radical (unpaired) electrons. The van der Waals surface area contributed by atoms with E-state index < -0.39 is 0 Å². The maximum Gasteiger partial charge on any atom is 0.197 e. The number of rotatable bonds is 2. The van der Waals surface area contributed by atoms with Crippen molar-refractivity contribution in [1.29, 1.82) is 0 Å². The number of nitrogen functional groups attached to an aromatic ring is 2. The first-order chi connectivity index (χ1) is 8.49. The van der Waals surface area contributed by atoms with E-state index in [1.807, 2.05) is 0 Å². The van der Waals surface area contributed by atoms with Crippen LogP contribution in [0.5, 0.6) is 0 Å². The lowest BCUT2D eigenvalue weighted by Crippen LogP contribution is -2.08. The number of nitrogens with two attached hydrogens (primary N) is 2. The Morgan fingerprint density at radius 2 is 1.22 bits per heavy atom. The summed E-state index contributed by atoms with van der Waals surface area (Å²) in [5.74, 6) is -0.176. The van der Waals surface area contributed by atoms with Gasteiger partial charge in [0.2, 0.25) is 0 Å². The van der Waals surface area contributed by atoms with Crippen molar-refractivity contribution in [3.63, 3.8) is 0 Å². The largest absolute Gasteiger partial charge is 0.398 e. The Bertz CT molecular complexity index is 573. The summed E-state index contributed by atoms with van der Waals surface area (Å²) in [4.78, 5) is 12.3. The van der Waals surface area contributed by atoms with Crippen molar-refractivity contribution >= 4 is 49.0 Å². The van der Waals surface area contributed by atoms with Crippen molar-refractivity contribution in [1.82, 2.24) is 0 Å². The molecule has 4 N–H and O–H groups in total. The van der Waals surface area contributed by atoms with E-state index in [9.17, 15) is 4.79 Å². The smallest absolute Gasteiger partial charge is 0.197 e. The first-order valence-electron chi connectivity index (χ1n) is 5.14. The highest BCUT2D eigenvalue weighted by Gasteiger charge is 2.15. The van der Waals surface area contributed by atoms with Crippen molar-refractivity contribution in [3.8, 4) is 0 Å². The number of ketones is 1. The quantitative estimate of drug-likeness (QED) is 0.627. The predicted molar refractivity (Wildman–Crippen MR) is 80.5 cm³/mol. The molecule has 18 heavy (non-hydrogen) atoms. The lowest BCUT2D eigenvalue weighted by atomic mass is 10.0. The fourth-order valence-corrected chi connectivity index (χ4v) is 2.38. The number of benzene rings is 2. The number of anilines is 2. The topological polar surface area (TPSA) is 69.1 Å². The van der Waals surface area contributed by atoms with Crippen LogP contribution in [0.15, 0.2) is 45.3 Å². The van der Waals surface area contributed by atoms with Crippen LogP contribution in [0, 0.1) is 0 Å². The first-order valence-corrected chi connectivity index (χ1v) is 6.72. The molecular formula is C13H10Br2N2O. The molecule has 2 rings (SSSR count). The van der Waals surface area contributed by atoms with Gasteiger partial charge in [0, 0.05) is 31.4 Å². The average Bonchev–Trinajstić information content (AvgIpc) is 2.28. The Labute approximate surface area is 121 Å². The number of hydrogen-bond donors (Lipinski definition) is 2. The van der Waals surface area contributed by atoms with Gasteiger partial charge in [-0.25, -0.2) is 0 Å². The SMILES string of the molecule is Nc1cc(Br)ccc1C(=O)c1ccc(Br)cc1N. The van der Waals surface area contributed by atoms with Crippen molar-refractivity contribution in [3.05, 3.63) is 56.5 Å². The fourth-order valence-electron chi connectivity index (χ4n) is 1.63. The highest BCUT2D eigenvalue weighted by molar-refractivity contribution is 9.10. The van der Waals surface area contributed by atoms with Crippen molar-refractivity contribution < 1.29 is 4.79 Å². The molecule has 0 aliphatic heterocycles. The van der Waals surface area contributed by atoms with Gasteiger partial charge >= 0.3 is 0 Å². The molecule has 3 nitrogen and oxygen atoms in total. The molecule has 0 atom stereocenters. The third-order valence-electron chi connectivity index (χ3n) is 2.52. The minimum atomic E-state index is -0.176. The molecule has 5 heteroatoms. The molecule has 0 aliphatic carbocycles. The summed E-state index contributed by atoms with van der Waals surface area (Å²) < 4.78 is 1.67.